The Kier molecular flexibility index (Phi) is 8.31. The summed E-state index contributed by atoms with van der Waals surface area (Å²) in [5, 5.41) is 11.1. The van der Waals surface area contributed by atoms with Crippen molar-refractivity contribution < 1.29 is 18.7 Å². The van der Waals surface area contributed by atoms with Gasteiger partial charge < -0.3 is 20.7 Å². The van der Waals surface area contributed by atoms with E-state index in [0.717, 1.165) is 37.8 Å². The molecule has 1 aromatic heterocycles. The number of aryl methyl sites for hydroxylation is 1. The van der Waals surface area contributed by atoms with Gasteiger partial charge in [0.2, 0.25) is 0 Å². The van der Waals surface area contributed by atoms with Crippen LogP contribution in [0.1, 0.15) is 53.7 Å². The summed E-state index contributed by atoms with van der Waals surface area (Å²) in [6, 6.07) is 13.2. The molecule has 0 saturated heterocycles. The van der Waals surface area contributed by atoms with Crippen molar-refractivity contribution in [1.82, 2.24) is 15.6 Å². The molecule has 9 heteroatoms. The van der Waals surface area contributed by atoms with Crippen LogP contribution in [0.3, 0.4) is 0 Å². The number of aromatic nitrogens is 1. The van der Waals surface area contributed by atoms with Crippen LogP contribution >= 0.6 is 11.3 Å². The maximum absolute atomic E-state index is 13.7. The summed E-state index contributed by atoms with van der Waals surface area (Å²) < 4.78 is 19.2. The molecule has 1 aliphatic rings. The molecule has 0 aliphatic heterocycles. The number of carbonyl (C=O) groups excluding carboxylic acids is 2. The van der Waals surface area contributed by atoms with E-state index in [2.05, 4.69) is 27.9 Å². The number of carbonyl (C=O) groups is 2. The molecule has 1 heterocycles. The van der Waals surface area contributed by atoms with Crippen LogP contribution in [-0.4, -0.2) is 29.0 Å². The smallest absolute Gasteiger partial charge is 0.319 e. The maximum Gasteiger partial charge on any atom is 0.319 e. The zero-order valence-electron chi connectivity index (χ0n) is 19.6. The van der Waals surface area contributed by atoms with Crippen molar-refractivity contribution in [2.45, 2.75) is 57.7 Å². The first-order valence-electron chi connectivity index (χ1n) is 11.8. The number of urea groups is 1. The van der Waals surface area contributed by atoms with Gasteiger partial charge >= 0.3 is 6.03 Å². The molecule has 3 N–H and O–H groups in total. The number of benzene rings is 2. The average molecular weight is 497 g/mol. The zero-order chi connectivity index (χ0) is 24.6. The average Bonchev–Trinajstić information content (AvgIpc) is 3.34. The molecule has 35 heavy (non-hydrogen) atoms. The predicted molar refractivity (Wildman–Crippen MR) is 134 cm³/mol. The second-order valence-electron chi connectivity index (χ2n) is 8.47. The predicted octanol–water partition coefficient (Wildman–Crippen LogP) is 5.29. The topological polar surface area (TPSA) is 92.4 Å². The van der Waals surface area contributed by atoms with Gasteiger partial charge in [-0.05, 0) is 49.1 Å². The van der Waals surface area contributed by atoms with E-state index in [4.69, 9.17) is 4.74 Å². The molecular weight excluding hydrogens is 467 g/mol. The van der Waals surface area contributed by atoms with E-state index >= 15 is 0 Å². The standard InChI is InChI=1S/C26H29FN4O3S/c1-2-17-11-13-18(14-12-17)28-26(33)31-21-9-5-4-8-20(21)30-25(32)22-16-35-24(29-22)15-34-23-10-6-3-7-19(23)27/h3,6-7,10-14,16,20-21H,2,4-5,8-9,15H2,1H3,(H,30,32)(H2,28,31,33). The van der Waals surface area contributed by atoms with Crippen molar-refractivity contribution in [3.8, 4) is 5.75 Å². The highest BCUT2D eigenvalue weighted by Gasteiger charge is 2.28. The van der Waals surface area contributed by atoms with Crippen LogP contribution in [-0.2, 0) is 13.0 Å². The van der Waals surface area contributed by atoms with Gasteiger partial charge in [-0.2, -0.15) is 0 Å². The zero-order valence-corrected chi connectivity index (χ0v) is 20.4. The molecular formula is C26H29FN4O3S. The first-order valence-corrected chi connectivity index (χ1v) is 12.7. The van der Waals surface area contributed by atoms with Crippen molar-refractivity contribution in [3.63, 3.8) is 0 Å². The minimum absolute atomic E-state index is 0.0753. The van der Waals surface area contributed by atoms with E-state index in [1.165, 1.54) is 23.0 Å². The van der Waals surface area contributed by atoms with Gasteiger partial charge in [-0.1, -0.05) is 44.0 Å². The Bertz CT molecular complexity index is 1150. The Morgan fingerprint density at radius 2 is 1.77 bits per heavy atom. The largest absolute Gasteiger partial charge is 0.483 e. The second kappa shape index (κ2) is 11.8. The number of hydrogen-bond donors (Lipinski definition) is 3. The van der Waals surface area contributed by atoms with Crippen LogP contribution < -0.4 is 20.7 Å². The summed E-state index contributed by atoms with van der Waals surface area (Å²) in [5.74, 6) is -0.600. The van der Waals surface area contributed by atoms with Crippen LogP contribution in [0.2, 0.25) is 0 Å². The van der Waals surface area contributed by atoms with E-state index in [1.54, 1.807) is 23.6 Å². The van der Waals surface area contributed by atoms with Gasteiger partial charge in [0.1, 0.15) is 17.3 Å². The van der Waals surface area contributed by atoms with Gasteiger partial charge in [0, 0.05) is 17.1 Å². The van der Waals surface area contributed by atoms with E-state index in [-0.39, 0.29) is 42.1 Å². The Morgan fingerprint density at radius 3 is 2.49 bits per heavy atom. The van der Waals surface area contributed by atoms with Gasteiger partial charge in [0.15, 0.2) is 11.6 Å². The summed E-state index contributed by atoms with van der Waals surface area (Å²) in [6.07, 6.45) is 4.45. The second-order valence-corrected chi connectivity index (χ2v) is 9.41. The lowest BCUT2D eigenvalue weighted by Gasteiger charge is -2.32. The molecule has 2 aromatic carbocycles. The fourth-order valence-electron chi connectivity index (χ4n) is 4.06. The number of nitrogens with one attached hydrogen (secondary N) is 3. The van der Waals surface area contributed by atoms with Gasteiger partial charge in [-0.3, -0.25) is 4.79 Å². The number of anilines is 1. The number of para-hydroxylation sites is 1. The quantitative estimate of drug-likeness (QED) is 0.395. The third-order valence-corrected chi connectivity index (χ3v) is 6.81. The number of halogens is 1. The molecule has 0 bridgehead atoms. The Balaban J connectivity index is 1.31. The minimum Gasteiger partial charge on any atom is -0.483 e. The molecule has 0 spiro atoms. The van der Waals surface area contributed by atoms with Gasteiger partial charge in [-0.25, -0.2) is 14.2 Å². The number of amides is 3. The normalized spacial score (nSPS) is 17.4. The van der Waals surface area contributed by atoms with Crippen molar-refractivity contribution in [2.75, 3.05) is 5.32 Å². The number of nitrogens with zero attached hydrogens (tertiary/aromatic N) is 1. The molecule has 0 radical (unpaired) electrons. The Labute approximate surface area is 208 Å². The van der Waals surface area contributed by atoms with E-state index < -0.39 is 5.82 Å². The number of hydrogen-bond acceptors (Lipinski definition) is 5. The summed E-state index contributed by atoms with van der Waals surface area (Å²) in [4.78, 5) is 29.7. The van der Waals surface area contributed by atoms with E-state index in [1.807, 2.05) is 24.3 Å². The third kappa shape index (κ3) is 6.79. The summed E-state index contributed by atoms with van der Waals surface area (Å²) in [7, 11) is 0. The van der Waals surface area contributed by atoms with Crippen molar-refractivity contribution >= 4 is 29.0 Å². The Hall–Kier alpha value is -3.46. The first-order chi connectivity index (χ1) is 17.0. The third-order valence-electron chi connectivity index (χ3n) is 5.99. The monoisotopic (exact) mass is 496 g/mol. The molecule has 7 nitrogen and oxygen atoms in total. The van der Waals surface area contributed by atoms with Crippen molar-refractivity contribution in [3.05, 3.63) is 76.0 Å². The van der Waals surface area contributed by atoms with Crippen LogP contribution in [0.25, 0.3) is 0 Å². The number of thiazole rings is 1. The molecule has 2 unspecified atom stereocenters. The molecule has 1 saturated carbocycles. The molecule has 3 aromatic rings. The lowest BCUT2D eigenvalue weighted by atomic mass is 9.90. The summed E-state index contributed by atoms with van der Waals surface area (Å²) in [6.45, 7) is 2.16. The molecule has 1 aliphatic carbocycles. The van der Waals surface area contributed by atoms with E-state index in [0.29, 0.717) is 5.01 Å². The van der Waals surface area contributed by atoms with Crippen LogP contribution in [0, 0.1) is 5.82 Å². The molecule has 4 rings (SSSR count). The summed E-state index contributed by atoms with van der Waals surface area (Å²) in [5.41, 5.74) is 2.21. The highest BCUT2D eigenvalue weighted by Crippen LogP contribution is 2.21. The molecule has 2 atom stereocenters. The molecule has 1 fully saturated rings. The van der Waals surface area contributed by atoms with Crippen LogP contribution in [0.15, 0.2) is 53.9 Å². The molecule has 3 amide bonds. The van der Waals surface area contributed by atoms with E-state index in [9.17, 15) is 14.0 Å². The van der Waals surface area contributed by atoms with Gasteiger partial charge in [0.05, 0.1) is 6.04 Å². The van der Waals surface area contributed by atoms with Crippen LogP contribution in [0.5, 0.6) is 5.75 Å². The van der Waals surface area contributed by atoms with Crippen molar-refractivity contribution in [2.24, 2.45) is 0 Å². The Morgan fingerprint density at radius 1 is 1.06 bits per heavy atom. The lowest BCUT2D eigenvalue weighted by molar-refractivity contribution is 0.0911. The lowest BCUT2D eigenvalue weighted by Crippen LogP contribution is -2.54. The fraction of sp³-hybridized carbons (Fsp3) is 0.346. The van der Waals surface area contributed by atoms with Crippen LogP contribution in [0.4, 0.5) is 14.9 Å². The first kappa shape index (κ1) is 24.7. The number of ether oxygens (including phenoxy) is 1. The van der Waals surface area contributed by atoms with Gasteiger partial charge in [-0.15, -0.1) is 11.3 Å². The number of rotatable bonds is 8. The molecule has 184 valence electrons. The highest BCUT2D eigenvalue weighted by molar-refractivity contribution is 7.09. The highest BCUT2D eigenvalue weighted by atomic mass is 32.1. The minimum atomic E-state index is -0.445. The maximum atomic E-state index is 13.7. The summed E-state index contributed by atoms with van der Waals surface area (Å²) >= 11 is 1.28. The fourth-order valence-corrected chi connectivity index (χ4v) is 4.75. The van der Waals surface area contributed by atoms with Gasteiger partial charge in [0.25, 0.3) is 5.91 Å². The SMILES string of the molecule is CCc1ccc(NC(=O)NC2CCCCC2NC(=O)c2csc(COc3ccccc3F)n2)cc1. The van der Waals surface area contributed by atoms with Crippen molar-refractivity contribution in [1.29, 1.82) is 0 Å².